The molecular weight excluding hydrogens is 363 g/mol. The Morgan fingerprint density at radius 1 is 1.48 bits per heavy atom. The second-order valence-electron chi connectivity index (χ2n) is 6.58. The van der Waals surface area contributed by atoms with E-state index >= 15 is 0 Å². The van der Waals surface area contributed by atoms with Crippen LogP contribution in [0.3, 0.4) is 0 Å². The number of allylic oxidation sites excluding steroid dienone is 1. The minimum atomic E-state index is -0.444. The topological polar surface area (TPSA) is 54.0 Å². The van der Waals surface area contributed by atoms with Crippen molar-refractivity contribution in [1.29, 1.82) is 0 Å². The van der Waals surface area contributed by atoms with Crippen molar-refractivity contribution in [3.63, 3.8) is 0 Å². The van der Waals surface area contributed by atoms with Crippen LogP contribution in [0.1, 0.15) is 37.5 Å². The highest BCUT2D eigenvalue weighted by atomic mass is 35.5. The van der Waals surface area contributed by atoms with Crippen molar-refractivity contribution in [2.75, 3.05) is 0 Å². The Morgan fingerprint density at radius 3 is 2.78 bits per heavy atom. The third kappa shape index (κ3) is 4.55. The van der Waals surface area contributed by atoms with E-state index in [9.17, 15) is 4.39 Å². The number of rotatable bonds is 6. The first-order valence-corrected chi connectivity index (χ1v) is 8.95. The summed E-state index contributed by atoms with van der Waals surface area (Å²) in [6.45, 7) is 13.3. The zero-order valence-electron chi connectivity index (χ0n) is 15.8. The Labute approximate surface area is 165 Å². The normalized spacial score (nSPS) is 16.1. The van der Waals surface area contributed by atoms with Gasteiger partial charge >= 0.3 is 0 Å². The predicted molar refractivity (Wildman–Crippen MR) is 114 cm³/mol. The Bertz CT molecular complexity index is 879. The van der Waals surface area contributed by atoms with Crippen LogP contribution in [0.15, 0.2) is 52.6 Å². The minimum absolute atomic E-state index is 0.0621. The fraction of sp³-hybridized carbons (Fsp3) is 0.238. The van der Waals surface area contributed by atoms with E-state index < -0.39 is 5.82 Å². The molecule has 142 valence electrons. The minimum Gasteiger partial charge on any atom is -0.382 e. The van der Waals surface area contributed by atoms with Crippen LogP contribution in [0, 0.1) is 11.7 Å². The largest absolute Gasteiger partial charge is 0.382 e. The Kier molecular flexibility index (Phi) is 6.75. The number of amidine groups is 1. The lowest BCUT2D eigenvalue weighted by Crippen LogP contribution is -2.27. The van der Waals surface area contributed by atoms with Gasteiger partial charge in [-0.3, -0.25) is 4.99 Å². The average molecular weight is 387 g/mol. The van der Waals surface area contributed by atoms with Crippen molar-refractivity contribution in [1.82, 2.24) is 4.90 Å². The van der Waals surface area contributed by atoms with Gasteiger partial charge in [-0.15, -0.1) is 0 Å². The molecule has 2 N–H and O–H groups in total. The molecule has 0 unspecified atom stereocenters. The van der Waals surface area contributed by atoms with Crippen molar-refractivity contribution < 1.29 is 4.39 Å². The van der Waals surface area contributed by atoms with E-state index in [2.05, 4.69) is 37.1 Å². The van der Waals surface area contributed by atoms with Crippen molar-refractivity contribution in [2.24, 2.45) is 21.6 Å². The molecule has 0 spiro atoms. The smallest absolute Gasteiger partial charge is 0.149 e. The number of nitrogens with zero attached hydrogens (tertiary/aromatic N) is 3. The van der Waals surface area contributed by atoms with Gasteiger partial charge in [-0.25, -0.2) is 9.38 Å². The highest BCUT2D eigenvalue weighted by Gasteiger charge is 2.17. The first kappa shape index (κ1) is 20.6. The molecule has 1 aliphatic rings. The third-order valence-corrected chi connectivity index (χ3v) is 4.43. The quantitative estimate of drug-likeness (QED) is 0.668. The maximum Gasteiger partial charge on any atom is 0.149 e. The van der Waals surface area contributed by atoms with Crippen molar-refractivity contribution >= 4 is 36.3 Å². The van der Waals surface area contributed by atoms with Crippen LogP contribution >= 0.6 is 11.6 Å². The van der Waals surface area contributed by atoms with Gasteiger partial charge in [0.25, 0.3) is 0 Å². The molecule has 0 amide bonds. The zero-order chi connectivity index (χ0) is 20.1. The molecule has 27 heavy (non-hydrogen) atoms. The van der Waals surface area contributed by atoms with Gasteiger partial charge in [0.05, 0.1) is 10.7 Å². The summed E-state index contributed by atoms with van der Waals surface area (Å²) >= 11 is 6.10. The molecule has 1 heterocycles. The fourth-order valence-corrected chi connectivity index (χ4v) is 3.11. The summed E-state index contributed by atoms with van der Waals surface area (Å²) < 4.78 is 14.4. The average Bonchev–Trinajstić information content (AvgIpc) is 2.62. The fourth-order valence-electron chi connectivity index (χ4n) is 2.89. The van der Waals surface area contributed by atoms with E-state index in [1.807, 2.05) is 12.3 Å². The number of hydrogen-bond donors (Lipinski definition) is 1. The standard InChI is InChI=1S/C21H24ClFN4/c1-6-16-17(11-13(2)3)15(12-18(22)19(16)23)7-9-27-10-8-26-21(24)20(27)14(4)25-5/h6-10,12-13H,1,5,11H2,2-4H3,(H2,24,26)/b9-7+,20-14-. The zero-order valence-corrected chi connectivity index (χ0v) is 16.6. The predicted octanol–water partition coefficient (Wildman–Crippen LogP) is 5.37. The molecule has 1 aromatic carbocycles. The number of hydrogen-bond acceptors (Lipinski definition) is 4. The third-order valence-electron chi connectivity index (χ3n) is 4.15. The summed E-state index contributed by atoms with van der Waals surface area (Å²) in [6.07, 6.45) is 9.26. The Balaban J connectivity index is 2.54. The SMILES string of the molecule is C=Cc1c(F)c(Cl)cc(/C=C/N2C=CN=C(N)/C2=C(\C)N=C)c1CC(C)C. The van der Waals surface area contributed by atoms with E-state index in [4.69, 9.17) is 17.3 Å². The molecule has 0 atom stereocenters. The van der Waals surface area contributed by atoms with Gasteiger partial charge in [0, 0.05) is 24.2 Å². The van der Waals surface area contributed by atoms with Crippen LogP contribution in [0.5, 0.6) is 0 Å². The summed E-state index contributed by atoms with van der Waals surface area (Å²) in [5, 5.41) is 0.0621. The highest BCUT2D eigenvalue weighted by Crippen LogP contribution is 2.30. The van der Waals surface area contributed by atoms with Crippen molar-refractivity contribution in [3.05, 3.63) is 70.2 Å². The second kappa shape index (κ2) is 8.82. The lowest BCUT2D eigenvalue weighted by atomic mass is 9.92. The molecule has 0 radical (unpaired) electrons. The maximum absolute atomic E-state index is 14.4. The number of benzene rings is 1. The van der Waals surface area contributed by atoms with Gasteiger partial charge in [0.1, 0.15) is 17.3 Å². The highest BCUT2D eigenvalue weighted by molar-refractivity contribution is 6.31. The first-order chi connectivity index (χ1) is 12.8. The molecule has 0 aliphatic carbocycles. The molecule has 0 saturated heterocycles. The van der Waals surface area contributed by atoms with Crippen LogP contribution < -0.4 is 5.73 Å². The van der Waals surface area contributed by atoms with E-state index in [0.29, 0.717) is 35.1 Å². The van der Waals surface area contributed by atoms with Gasteiger partial charge in [-0.05, 0) is 49.2 Å². The van der Waals surface area contributed by atoms with E-state index in [1.165, 1.54) is 6.08 Å². The van der Waals surface area contributed by atoms with Gasteiger partial charge in [-0.1, -0.05) is 38.1 Å². The molecule has 0 bridgehead atoms. The van der Waals surface area contributed by atoms with E-state index in [1.54, 1.807) is 30.3 Å². The van der Waals surface area contributed by atoms with Crippen LogP contribution in [-0.2, 0) is 6.42 Å². The van der Waals surface area contributed by atoms with Crippen molar-refractivity contribution in [3.8, 4) is 0 Å². The van der Waals surface area contributed by atoms with Crippen molar-refractivity contribution in [2.45, 2.75) is 27.2 Å². The monoisotopic (exact) mass is 386 g/mol. The lowest BCUT2D eigenvalue weighted by molar-refractivity contribution is 0.609. The number of halogens is 2. The van der Waals surface area contributed by atoms with Crippen LogP contribution in [0.25, 0.3) is 12.2 Å². The van der Waals surface area contributed by atoms with Gasteiger partial charge in [-0.2, -0.15) is 0 Å². The van der Waals surface area contributed by atoms with Crippen LogP contribution in [0.4, 0.5) is 4.39 Å². The van der Waals surface area contributed by atoms with E-state index in [0.717, 1.165) is 11.1 Å². The molecule has 1 aliphatic heterocycles. The Hall–Kier alpha value is -2.66. The molecule has 0 saturated carbocycles. The summed E-state index contributed by atoms with van der Waals surface area (Å²) in [5.41, 5.74) is 9.41. The molecule has 0 aromatic heterocycles. The molecular formula is C21H24ClFN4. The lowest BCUT2D eigenvalue weighted by Gasteiger charge is -2.23. The summed E-state index contributed by atoms with van der Waals surface area (Å²) in [5.74, 6) is 0.246. The molecule has 4 nitrogen and oxygen atoms in total. The van der Waals surface area contributed by atoms with E-state index in [-0.39, 0.29) is 5.02 Å². The summed E-state index contributed by atoms with van der Waals surface area (Å²) in [4.78, 5) is 9.86. The van der Waals surface area contributed by atoms with Gasteiger partial charge in [0.15, 0.2) is 0 Å². The molecule has 0 fully saturated rings. The Morgan fingerprint density at radius 2 is 2.19 bits per heavy atom. The molecule has 2 rings (SSSR count). The number of aliphatic imine (C=N–C) groups is 2. The molecule has 6 heteroatoms. The van der Waals surface area contributed by atoms with Crippen LogP contribution in [-0.4, -0.2) is 17.5 Å². The van der Waals surface area contributed by atoms with Crippen LogP contribution in [0.2, 0.25) is 5.02 Å². The van der Waals surface area contributed by atoms with Gasteiger partial charge < -0.3 is 10.6 Å². The number of nitrogens with two attached hydrogens (primary N) is 1. The van der Waals surface area contributed by atoms with Gasteiger partial charge in [0.2, 0.25) is 0 Å². The summed E-state index contributed by atoms with van der Waals surface area (Å²) in [7, 11) is 0. The second-order valence-corrected chi connectivity index (χ2v) is 6.99. The first-order valence-electron chi connectivity index (χ1n) is 8.57. The summed E-state index contributed by atoms with van der Waals surface area (Å²) in [6, 6.07) is 1.63. The maximum atomic E-state index is 14.4. The molecule has 1 aromatic rings.